The minimum Gasteiger partial charge on any atom is -0.300 e. The van der Waals surface area contributed by atoms with Crippen molar-refractivity contribution in [2.75, 3.05) is 0 Å². The smallest absolute Gasteiger partial charge is 0.0630 e. The first-order valence-corrected chi connectivity index (χ1v) is 3.89. The summed E-state index contributed by atoms with van der Waals surface area (Å²) in [6, 6.07) is 0. The molecule has 0 amide bonds. The van der Waals surface area contributed by atoms with Gasteiger partial charge >= 0.3 is 0 Å². The van der Waals surface area contributed by atoms with E-state index in [1.807, 2.05) is 32.1 Å². The Morgan fingerprint density at radius 1 is 1.42 bits per heavy atom. The summed E-state index contributed by atoms with van der Waals surface area (Å²) in [6.45, 7) is 3.78. The standard InChI is InChI=1S/C10H12N2/c1-3-12-8(2)9-6-4-5-7-10(9)11/h3-7,11H,1-2H3/b9-8-,11-10?,12-3?. The van der Waals surface area contributed by atoms with Gasteiger partial charge in [0.05, 0.1) is 5.71 Å². The van der Waals surface area contributed by atoms with Gasteiger partial charge in [-0.25, -0.2) is 0 Å². The zero-order chi connectivity index (χ0) is 8.97. The maximum absolute atomic E-state index is 7.58. The van der Waals surface area contributed by atoms with Gasteiger partial charge in [-0.15, -0.1) is 0 Å². The molecule has 0 aromatic heterocycles. The van der Waals surface area contributed by atoms with Crippen LogP contribution in [0.15, 0.2) is 40.6 Å². The molecule has 0 aliphatic heterocycles. The van der Waals surface area contributed by atoms with Crippen molar-refractivity contribution in [3.8, 4) is 0 Å². The number of hydrogen-bond donors (Lipinski definition) is 1. The number of nitrogens with one attached hydrogen (secondary N) is 1. The fraction of sp³-hybridized carbons (Fsp3) is 0.200. The predicted octanol–water partition coefficient (Wildman–Crippen LogP) is 2.50. The Labute approximate surface area is 72.5 Å². The number of hydrogen-bond acceptors (Lipinski definition) is 2. The summed E-state index contributed by atoms with van der Waals surface area (Å²) in [6.07, 6.45) is 9.19. The molecule has 0 spiro atoms. The summed E-state index contributed by atoms with van der Waals surface area (Å²) < 4.78 is 0. The van der Waals surface area contributed by atoms with Crippen LogP contribution < -0.4 is 0 Å². The first-order chi connectivity index (χ1) is 5.75. The number of allylic oxidation sites excluding steroid dienone is 6. The van der Waals surface area contributed by atoms with Gasteiger partial charge in [-0.3, -0.25) is 4.99 Å². The molecule has 0 heterocycles. The van der Waals surface area contributed by atoms with E-state index < -0.39 is 0 Å². The van der Waals surface area contributed by atoms with Crippen LogP contribution in [0.5, 0.6) is 0 Å². The molecule has 0 atom stereocenters. The Morgan fingerprint density at radius 3 is 2.67 bits per heavy atom. The fourth-order valence-electron chi connectivity index (χ4n) is 1.06. The van der Waals surface area contributed by atoms with E-state index in [2.05, 4.69) is 4.99 Å². The molecule has 1 N–H and O–H groups in total. The highest BCUT2D eigenvalue weighted by Gasteiger charge is 2.03. The lowest BCUT2D eigenvalue weighted by molar-refractivity contribution is 1.28. The Kier molecular flexibility index (Phi) is 2.75. The van der Waals surface area contributed by atoms with E-state index in [1.54, 1.807) is 12.3 Å². The van der Waals surface area contributed by atoms with Crippen molar-refractivity contribution in [2.45, 2.75) is 13.8 Å². The van der Waals surface area contributed by atoms with E-state index in [4.69, 9.17) is 5.41 Å². The highest BCUT2D eigenvalue weighted by Crippen LogP contribution is 2.12. The number of nitrogens with zero attached hydrogens (tertiary/aromatic N) is 1. The van der Waals surface area contributed by atoms with Crippen LogP contribution in [0.2, 0.25) is 0 Å². The molecule has 0 fully saturated rings. The van der Waals surface area contributed by atoms with Gasteiger partial charge in [0.1, 0.15) is 0 Å². The number of rotatable bonds is 1. The van der Waals surface area contributed by atoms with Crippen LogP contribution in [0.25, 0.3) is 0 Å². The van der Waals surface area contributed by atoms with Gasteiger partial charge in [0.2, 0.25) is 0 Å². The van der Waals surface area contributed by atoms with E-state index in [9.17, 15) is 0 Å². The monoisotopic (exact) mass is 160 g/mol. The van der Waals surface area contributed by atoms with Crippen LogP contribution >= 0.6 is 0 Å². The SMILES string of the molecule is CC=N/C(C)=C1/C=CC=CC1=N. The van der Waals surface area contributed by atoms with Gasteiger partial charge in [-0.05, 0) is 19.9 Å². The summed E-state index contributed by atoms with van der Waals surface area (Å²) >= 11 is 0. The second-order valence-electron chi connectivity index (χ2n) is 2.52. The van der Waals surface area contributed by atoms with Crippen LogP contribution in [-0.4, -0.2) is 11.9 Å². The molecule has 62 valence electrons. The van der Waals surface area contributed by atoms with Gasteiger partial charge in [0.25, 0.3) is 0 Å². The summed E-state index contributed by atoms with van der Waals surface area (Å²) in [7, 11) is 0. The van der Waals surface area contributed by atoms with E-state index in [1.165, 1.54) is 0 Å². The molecule has 0 unspecified atom stereocenters. The molecule has 1 aliphatic rings. The lowest BCUT2D eigenvalue weighted by Gasteiger charge is -2.05. The van der Waals surface area contributed by atoms with Crippen molar-refractivity contribution in [3.63, 3.8) is 0 Å². The van der Waals surface area contributed by atoms with Crippen molar-refractivity contribution < 1.29 is 0 Å². The molecule has 2 nitrogen and oxygen atoms in total. The number of aliphatic imine (C=N–C) groups is 1. The molecule has 1 rings (SSSR count). The molecular weight excluding hydrogens is 148 g/mol. The third-order valence-corrected chi connectivity index (χ3v) is 1.64. The maximum atomic E-state index is 7.58. The molecule has 0 saturated heterocycles. The summed E-state index contributed by atoms with van der Waals surface area (Å²) in [4.78, 5) is 4.13. The highest BCUT2D eigenvalue weighted by molar-refractivity contribution is 6.09. The lowest BCUT2D eigenvalue weighted by Crippen LogP contribution is -1.99. The van der Waals surface area contributed by atoms with Crippen molar-refractivity contribution >= 4 is 11.9 Å². The first kappa shape index (κ1) is 8.65. The zero-order valence-corrected chi connectivity index (χ0v) is 7.33. The molecule has 0 bridgehead atoms. The van der Waals surface area contributed by atoms with Crippen LogP contribution in [0.4, 0.5) is 0 Å². The normalized spacial score (nSPS) is 20.7. The van der Waals surface area contributed by atoms with Gasteiger partial charge < -0.3 is 5.41 Å². The summed E-state index contributed by atoms with van der Waals surface area (Å²) in [5.74, 6) is 0. The maximum Gasteiger partial charge on any atom is 0.0630 e. The van der Waals surface area contributed by atoms with E-state index >= 15 is 0 Å². The molecule has 1 aliphatic carbocycles. The Morgan fingerprint density at radius 2 is 2.08 bits per heavy atom. The predicted molar refractivity (Wildman–Crippen MR) is 52.9 cm³/mol. The molecule has 0 saturated carbocycles. The van der Waals surface area contributed by atoms with Crippen LogP contribution in [0, 0.1) is 5.41 Å². The topological polar surface area (TPSA) is 36.2 Å². The van der Waals surface area contributed by atoms with Crippen molar-refractivity contribution in [3.05, 3.63) is 35.6 Å². The third kappa shape index (κ3) is 1.78. The largest absolute Gasteiger partial charge is 0.300 e. The minimum absolute atomic E-state index is 0.528. The van der Waals surface area contributed by atoms with Crippen LogP contribution in [-0.2, 0) is 0 Å². The molecule has 2 heteroatoms. The second kappa shape index (κ2) is 3.81. The Balaban J connectivity index is 3.02. The fourth-order valence-corrected chi connectivity index (χ4v) is 1.06. The summed E-state index contributed by atoms with van der Waals surface area (Å²) in [5, 5.41) is 7.58. The minimum atomic E-state index is 0.528. The lowest BCUT2D eigenvalue weighted by atomic mass is 10.0. The summed E-state index contributed by atoms with van der Waals surface area (Å²) in [5.41, 5.74) is 2.32. The van der Waals surface area contributed by atoms with E-state index in [0.717, 1.165) is 11.3 Å². The van der Waals surface area contributed by atoms with Gasteiger partial charge in [-0.1, -0.05) is 18.2 Å². The Bertz CT molecular complexity index is 304. The second-order valence-corrected chi connectivity index (χ2v) is 2.52. The van der Waals surface area contributed by atoms with E-state index in [0.29, 0.717) is 5.71 Å². The van der Waals surface area contributed by atoms with Crippen molar-refractivity contribution in [2.24, 2.45) is 4.99 Å². The molecule has 12 heavy (non-hydrogen) atoms. The van der Waals surface area contributed by atoms with Gasteiger partial charge in [-0.2, -0.15) is 0 Å². The molecule has 0 aromatic carbocycles. The average molecular weight is 160 g/mol. The molecule has 0 aromatic rings. The van der Waals surface area contributed by atoms with Gasteiger partial charge in [0.15, 0.2) is 0 Å². The Hall–Kier alpha value is -1.44. The third-order valence-electron chi connectivity index (χ3n) is 1.64. The van der Waals surface area contributed by atoms with E-state index in [-0.39, 0.29) is 0 Å². The first-order valence-electron chi connectivity index (χ1n) is 3.89. The highest BCUT2D eigenvalue weighted by atomic mass is 14.7. The average Bonchev–Trinajstić information content (AvgIpc) is 2.05. The van der Waals surface area contributed by atoms with Crippen molar-refractivity contribution in [1.29, 1.82) is 5.41 Å². The van der Waals surface area contributed by atoms with Gasteiger partial charge in [0, 0.05) is 17.5 Å². The van der Waals surface area contributed by atoms with Crippen LogP contribution in [0.3, 0.4) is 0 Å². The van der Waals surface area contributed by atoms with Crippen LogP contribution in [0.1, 0.15) is 13.8 Å². The zero-order valence-electron chi connectivity index (χ0n) is 7.33. The van der Waals surface area contributed by atoms with Crippen molar-refractivity contribution in [1.82, 2.24) is 0 Å². The quantitative estimate of drug-likeness (QED) is 0.572. The molecular formula is C10H12N2. The molecule has 0 radical (unpaired) electrons.